The van der Waals surface area contributed by atoms with Gasteiger partial charge in [-0.1, -0.05) is 42.5 Å². The van der Waals surface area contributed by atoms with Gasteiger partial charge in [-0.3, -0.25) is 0 Å². The lowest BCUT2D eigenvalue weighted by atomic mass is 10.1. The summed E-state index contributed by atoms with van der Waals surface area (Å²) >= 11 is 1.37. The number of ether oxygens (including phenoxy) is 1. The first-order chi connectivity index (χ1) is 13.8. The second-order valence-corrected chi connectivity index (χ2v) is 7.54. The van der Waals surface area contributed by atoms with Crippen LogP contribution >= 0.6 is 11.5 Å². The molecular weight excluding hydrogens is 374 g/mol. The van der Waals surface area contributed by atoms with Crippen LogP contribution in [0.1, 0.15) is 17.5 Å². The minimum atomic E-state index is 0.465. The third-order valence-electron chi connectivity index (χ3n) is 4.62. The molecule has 1 aliphatic heterocycles. The van der Waals surface area contributed by atoms with Crippen LogP contribution in [0.4, 0.5) is 0 Å². The van der Waals surface area contributed by atoms with Crippen molar-refractivity contribution in [3.05, 3.63) is 59.7 Å². The molecule has 0 bridgehead atoms. The Bertz CT molecular complexity index is 901. The third-order valence-corrected chi connectivity index (χ3v) is 5.37. The van der Waals surface area contributed by atoms with Crippen LogP contribution in [-0.2, 0) is 17.9 Å². The highest BCUT2D eigenvalue weighted by Crippen LogP contribution is 2.27. The zero-order chi connectivity index (χ0) is 19.2. The predicted octanol–water partition coefficient (Wildman–Crippen LogP) is 3.97. The summed E-state index contributed by atoms with van der Waals surface area (Å²) in [5.41, 5.74) is 3.44. The van der Waals surface area contributed by atoms with E-state index in [4.69, 9.17) is 14.5 Å². The lowest BCUT2D eigenvalue weighted by molar-refractivity contribution is -0.194. The Morgan fingerprint density at radius 3 is 2.93 bits per heavy atom. The van der Waals surface area contributed by atoms with Gasteiger partial charge in [0.25, 0.3) is 0 Å². The summed E-state index contributed by atoms with van der Waals surface area (Å²) in [5, 5.41) is 0.886. The molecule has 0 fully saturated rings. The van der Waals surface area contributed by atoms with E-state index in [-0.39, 0.29) is 0 Å². The van der Waals surface area contributed by atoms with Crippen molar-refractivity contribution in [2.75, 3.05) is 26.7 Å². The maximum absolute atomic E-state index is 5.70. The molecule has 4 rings (SSSR count). The molecule has 1 aromatic heterocycles. The average Bonchev–Trinajstić information content (AvgIpc) is 3.39. The normalized spacial score (nSPS) is 12.8. The van der Waals surface area contributed by atoms with Crippen LogP contribution in [-0.4, -0.2) is 41.0 Å². The van der Waals surface area contributed by atoms with Crippen molar-refractivity contribution in [1.29, 1.82) is 0 Å². The first kappa shape index (κ1) is 18.9. The van der Waals surface area contributed by atoms with E-state index in [2.05, 4.69) is 39.5 Å². The Hall–Kier alpha value is -2.48. The SMILES string of the molecule is CN(CCCOc1nsc(-c2ccccc2)n1)CCc1ccc2c(c1)OOC2. The molecule has 0 radical (unpaired) electrons. The maximum Gasteiger partial charge on any atom is 0.328 e. The van der Waals surface area contributed by atoms with Gasteiger partial charge in [0.05, 0.1) is 6.61 Å². The number of likely N-dealkylation sites (N-methyl/N-ethyl adjacent to an activating group) is 1. The summed E-state index contributed by atoms with van der Waals surface area (Å²) in [4.78, 5) is 16.9. The molecule has 1 aliphatic rings. The molecule has 0 spiro atoms. The van der Waals surface area contributed by atoms with Gasteiger partial charge in [0.1, 0.15) is 11.6 Å². The maximum atomic E-state index is 5.70. The van der Waals surface area contributed by atoms with Crippen LogP contribution in [0, 0.1) is 0 Å². The Labute approximate surface area is 168 Å². The fraction of sp³-hybridized carbons (Fsp3) is 0.333. The Morgan fingerprint density at radius 1 is 1.14 bits per heavy atom. The summed E-state index contributed by atoms with van der Waals surface area (Å²) in [6.07, 6.45) is 1.90. The Kier molecular flexibility index (Phi) is 6.16. The van der Waals surface area contributed by atoms with E-state index in [0.29, 0.717) is 19.2 Å². The van der Waals surface area contributed by atoms with E-state index in [1.807, 2.05) is 30.3 Å². The summed E-state index contributed by atoms with van der Waals surface area (Å²) in [7, 11) is 2.13. The third kappa shape index (κ3) is 4.86. The highest BCUT2D eigenvalue weighted by Gasteiger charge is 2.14. The van der Waals surface area contributed by atoms with Gasteiger partial charge in [-0.2, -0.15) is 9.87 Å². The fourth-order valence-corrected chi connectivity index (χ4v) is 3.62. The molecule has 0 amide bonds. The van der Waals surface area contributed by atoms with Crippen molar-refractivity contribution in [3.8, 4) is 22.3 Å². The monoisotopic (exact) mass is 397 g/mol. The molecule has 146 valence electrons. The molecule has 0 atom stereocenters. The molecule has 3 aromatic rings. The van der Waals surface area contributed by atoms with Crippen LogP contribution in [0.2, 0.25) is 0 Å². The summed E-state index contributed by atoms with van der Waals surface area (Å²) in [6, 6.07) is 16.8. The minimum absolute atomic E-state index is 0.465. The van der Waals surface area contributed by atoms with Crippen molar-refractivity contribution in [3.63, 3.8) is 0 Å². The van der Waals surface area contributed by atoms with Crippen molar-refractivity contribution in [2.24, 2.45) is 0 Å². The average molecular weight is 398 g/mol. The van der Waals surface area contributed by atoms with Gasteiger partial charge in [0, 0.05) is 24.2 Å². The predicted molar refractivity (Wildman–Crippen MR) is 109 cm³/mol. The van der Waals surface area contributed by atoms with Gasteiger partial charge in [-0.15, -0.1) is 4.37 Å². The molecule has 2 aromatic carbocycles. The van der Waals surface area contributed by atoms with Gasteiger partial charge >= 0.3 is 6.01 Å². The number of rotatable bonds is 9. The minimum Gasteiger partial charge on any atom is -0.463 e. The summed E-state index contributed by atoms with van der Waals surface area (Å²) in [6.45, 7) is 3.09. The highest BCUT2D eigenvalue weighted by atomic mass is 32.1. The largest absolute Gasteiger partial charge is 0.463 e. The molecule has 0 unspecified atom stereocenters. The standard InChI is InChI=1S/C21H23N3O3S/c1-24(12-10-16-8-9-18-15-26-27-19(18)14-16)11-5-13-25-21-22-20(28-23-21)17-6-3-2-4-7-17/h2-4,6-9,14H,5,10-13,15H2,1H3. The van der Waals surface area contributed by atoms with Gasteiger partial charge in [-0.25, -0.2) is 0 Å². The number of fused-ring (bicyclic) bond motifs is 1. The molecule has 0 saturated carbocycles. The second-order valence-electron chi connectivity index (χ2n) is 6.79. The topological polar surface area (TPSA) is 56.7 Å². The van der Waals surface area contributed by atoms with Crippen molar-refractivity contribution < 1.29 is 14.5 Å². The van der Waals surface area contributed by atoms with Crippen LogP contribution in [0.15, 0.2) is 48.5 Å². The molecule has 6 nitrogen and oxygen atoms in total. The van der Waals surface area contributed by atoms with E-state index in [0.717, 1.165) is 47.8 Å². The van der Waals surface area contributed by atoms with Gasteiger partial charge in [-0.05, 0) is 43.1 Å². The molecule has 0 saturated heterocycles. The molecule has 2 heterocycles. The molecule has 0 aliphatic carbocycles. The summed E-state index contributed by atoms with van der Waals surface area (Å²) < 4.78 is 9.99. The molecule has 7 heteroatoms. The van der Waals surface area contributed by atoms with Gasteiger partial charge < -0.3 is 14.5 Å². The van der Waals surface area contributed by atoms with Crippen molar-refractivity contribution in [2.45, 2.75) is 19.4 Å². The first-order valence-corrected chi connectivity index (χ1v) is 10.2. The molecule has 28 heavy (non-hydrogen) atoms. The first-order valence-electron chi connectivity index (χ1n) is 9.40. The van der Waals surface area contributed by atoms with E-state index >= 15 is 0 Å². The van der Waals surface area contributed by atoms with Crippen LogP contribution in [0.25, 0.3) is 10.6 Å². The van der Waals surface area contributed by atoms with E-state index < -0.39 is 0 Å². The van der Waals surface area contributed by atoms with Crippen LogP contribution < -0.4 is 9.62 Å². The lowest BCUT2D eigenvalue weighted by Gasteiger charge is -2.16. The zero-order valence-corrected chi connectivity index (χ0v) is 16.7. The molecular formula is C21H23N3O3S. The van der Waals surface area contributed by atoms with E-state index in [1.165, 1.54) is 17.1 Å². The van der Waals surface area contributed by atoms with E-state index in [9.17, 15) is 0 Å². The molecule has 0 N–H and O–H groups in total. The van der Waals surface area contributed by atoms with E-state index in [1.54, 1.807) is 0 Å². The number of benzene rings is 2. The number of nitrogens with zero attached hydrogens (tertiary/aromatic N) is 3. The van der Waals surface area contributed by atoms with Gasteiger partial charge in [0.15, 0.2) is 5.75 Å². The number of aromatic nitrogens is 2. The Balaban J connectivity index is 1.16. The van der Waals surface area contributed by atoms with Crippen LogP contribution in [0.3, 0.4) is 0 Å². The van der Waals surface area contributed by atoms with Crippen molar-refractivity contribution in [1.82, 2.24) is 14.3 Å². The number of hydrogen-bond acceptors (Lipinski definition) is 7. The Morgan fingerprint density at radius 2 is 2.04 bits per heavy atom. The van der Waals surface area contributed by atoms with Gasteiger partial charge in [0.2, 0.25) is 0 Å². The zero-order valence-electron chi connectivity index (χ0n) is 15.8. The van der Waals surface area contributed by atoms with Crippen molar-refractivity contribution >= 4 is 11.5 Å². The smallest absolute Gasteiger partial charge is 0.328 e. The second kappa shape index (κ2) is 9.14. The highest BCUT2D eigenvalue weighted by molar-refractivity contribution is 7.09. The lowest BCUT2D eigenvalue weighted by Crippen LogP contribution is -2.23. The number of hydrogen-bond donors (Lipinski definition) is 0. The quantitative estimate of drug-likeness (QED) is 0.402. The fourth-order valence-electron chi connectivity index (χ4n) is 3.00. The van der Waals surface area contributed by atoms with Crippen LogP contribution in [0.5, 0.6) is 11.8 Å². The summed E-state index contributed by atoms with van der Waals surface area (Å²) in [5.74, 6) is 0.846.